The monoisotopic (exact) mass is 525 g/mol. The maximum atomic E-state index is 12.3. The van der Waals surface area contributed by atoms with Crippen molar-refractivity contribution in [3.8, 4) is 23.1 Å². The van der Waals surface area contributed by atoms with Gasteiger partial charge in [-0.2, -0.15) is 10.2 Å². The van der Waals surface area contributed by atoms with Gasteiger partial charge in [0.1, 0.15) is 17.9 Å². The van der Waals surface area contributed by atoms with Gasteiger partial charge in [0.15, 0.2) is 5.82 Å². The molecule has 9 heteroatoms. The summed E-state index contributed by atoms with van der Waals surface area (Å²) in [4.78, 5) is 16.5. The van der Waals surface area contributed by atoms with E-state index in [0.717, 1.165) is 60.0 Å². The van der Waals surface area contributed by atoms with Crippen LogP contribution in [-0.2, 0) is 11.2 Å². The summed E-state index contributed by atoms with van der Waals surface area (Å²) in [6, 6.07) is 16.3. The fourth-order valence-corrected chi connectivity index (χ4v) is 5.19. The molecule has 0 radical (unpaired) electrons. The van der Waals surface area contributed by atoms with Crippen LogP contribution in [-0.4, -0.2) is 33.5 Å². The molecule has 0 aliphatic heterocycles. The van der Waals surface area contributed by atoms with E-state index in [9.17, 15) is 10.1 Å². The highest BCUT2D eigenvalue weighted by molar-refractivity contribution is 5.96. The summed E-state index contributed by atoms with van der Waals surface area (Å²) >= 11 is 0. The highest BCUT2D eigenvalue weighted by atomic mass is 16.6. The summed E-state index contributed by atoms with van der Waals surface area (Å²) in [6.45, 7) is 4.13. The van der Waals surface area contributed by atoms with Crippen molar-refractivity contribution in [2.75, 3.05) is 11.9 Å². The van der Waals surface area contributed by atoms with Crippen LogP contribution in [0.2, 0.25) is 0 Å². The van der Waals surface area contributed by atoms with E-state index in [4.69, 9.17) is 14.0 Å². The molecule has 2 aliphatic carbocycles. The van der Waals surface area contributed by atoms with Gasteiger partial charge in [-0.05, 0) is 81.7 Å². The number of ether oxygens (including phenoxy) is 2. The average Bonchev–Trinajstić information content (AvgIpc) is 3.60. The van der Waals surface area contributed by atoms with Crippen LogP contribution < -0.4 is 10.1 Å². The second-order valence-corrected chi connectivity index (χ2v) is 10.5. The molecule has 2 aromatic heterocycles. The van der Waals surface area contributed by atoms with Crippen molar-refractivity contribution in [1.29, 1.82) is 5.26 Å². The minimum Gasteiger partial charge on any atom is -0.493 e. The van der Waals surface area contributed by atoms with Crippen LogP contribution in [0.3, 0.4) is 0 Å². The maximum Gasteiger partial charge on any atom is 0.411 e. The Bertz CT molecular complexity index is 1540. The summed E-state index contributed by atoms with van der Waals surface area (Å²) in [5, 5.41) is 17.8. The number of nitriles is 1. The topological polar surface area (TPSA) is 115 Å². The summed E-state index contributed by atoms with van der Waals surface area (Å²) < 4.78 is 19.0. The van der Waals surface area contributed by atoms with E-state index in [1.54, 1.807) is 6.92 Å². The molecular weight excluding hydrogens is 494 g/mol. The highest BCUT2D eigenvalue weighted by Crippen LogP contribution is 2.43. The Hall–Kier alpha value is -4.32. The molecule has 0 spiro atoms. The molecule has 39 heavy (non-hydrogen) atoms. The number of anilines is 1. The molecule has 9 nitrogen and oxygen atoms in total. The first kappa shape index (κ1) is 25.0. The number of aryl methyl sites for hydroxylation is 1. The molecule has 6 rings (SSSR count). The van der Waals surface area contributed by atoms with Crippen molar-refractivity contribution in [3.63, 3.8) is 0 Å². The van der Waals surface area contributed by atoms with Gasteiger partial charge in [-0.25, -0.2) is 4.79 Å². The standard InChI is InChI=1S/C30H31N5O4/c1-18(20-6-7-20)38-30(36)33-22-10-8-21(9-11-22)29-26(17-31)25-13-12-24(16-27(25)35(29)23-4-3-5-23)37-15-14-28-32-19(2)34-39-28/h8-13,16,18,20,23H,3-7,14-15H2,1-2H3,(H,33,36). The minimum absolute atomic E-state index is 0.0717. The Kier molecular flexibility index (Phi) is 6.69. The van der Waals surface area contributed by atoms with Crippen LogP contribution in [0.25, 0.3) is 22.2 Å². The highest BCUT2D eigenvalue weighted by Gasteiger charge is 2.31. The Morgan fingerprint density at radius 2 is 2.00 bits per heavy atom. The number of nitrogens with zero attached hydrogens (tertiary/aromatic N) is 4. The number of fused-ring (bicyclic) bond motifs is 1. The van der Waals surface area contributed by atoms with Crippen molar-refractivity contribution < 1.29 is 18.8 Å². The molecule has 1 atom stereocenters. The number of aromatic nitrogens is 3. The van der Waals surface area contributed by atoms with Gasteiger partial charge in [0.05, 0.1) is 29.8 Å². The summed E-state index contributed by atoms with van der Waals surface area (Å²) in [7, 11) is 0. The average molecular weight is 526 g/mol. The fraction of sp³-hybridized carbons (Fsp3) is 0.400. The Morgan fingerprint density at radius 3 is 2.64 bits per heavy atom. The third-order valence-corrected chi connectivity index (χ3v) is 7.67. The molecule has 2 aromatic carbocycles. The smallest absolute Gasteiger partial charge is 0.411 e. The van der Waals surface area contributed by atoms with Gasteiger partial charge in [-0.1, -0.05) is 17.3 Å². The molecule has 1 amide bonds. The van der Waals surface area contributed by atoms with Gasteiger partial charge < -0.3 is 18.6 Å². The van der Waals surface area contributed by atoms with Gasteiger partial charge in [0.2, 0.25) is 5.89 Å². The van der Waals surface area contributed by atoms with Crippen molar-refractivity contribution in [3.05, 3.63) is 59.7 Å². The second-order valence-electron chi connectivity index (χ2n) is 10.5. The maximum absolute atomic E-state index is 12.3. The first-order valence-electron chi connectivity index (χ1n) is 13.6. The quantitative estimate of drug-likeness (QED) is 0.263. The molecule has 4 aromatic rings. The SMILES string of the molecule is Cc1noc(CCOc2ccc3c(C#N)c(-c4ccc(NC(=O)OC(C)C5CC5)cc4)n(C4CCC4)c3c2)n1. The van der Waals surface area contributed by atoms with Crippen LogP contribution in [0.4, 0.5) is 10.5 Å². The third kappa shape index (κ3) is 5.19. The lowest BCUT2D eigenvalue weighted by atomic mass is 9.92. The molecule has 1 unspecified atom stereocenters. The van der Waals surface area contributed by atoms with Crippen LogP contribution in [0.5, 0.6) is 5.75 Å². The van der Waals surface area contributed by atoms with E-state index in [-0.39, 0.29) is 6.10 Å². The molecule has 0 saturated heterocycles. The number of hydrogen-bond acceptors (Lipinski definition) is 7. The zero-order valence-corrected chi connectivity index (χ0v) is 22.1. The number of hydrogen-bond donors (Lipinski definition) is 1. The number of rotatable bonds is 9. The third-order valence-electron chi connectivity index (χ3n) is 7.67. The van der Waals surface area contributed by atoms with E-state index >= 15 is 0 Å². The lowest BCUT2D eigenvalue weighted by molar-refractivity contribution is 0.108. The summed E-state index contributed by atoms with van der Waals surface area (Å²) in [6.07, 6.45) is 5.53. The number of nitrogens with one attached hydrogen (secondary N) is 1. The molecule has 2 saturated carbocycles. The van der Waals surface area contributed by atoms with Crippen molar-refractivity contribution in [1.82, 2.24) is 14.7 Å². The second kappa shape index (κ2) is 10.4. The first-order valence-corrected chi connectivity index (χ1v) is 13.6. The summed E-state index contributed by atoms with van der Waals surface area (Å²) in [5.74, 6) is 2.36. The number of benzene rings is 2. The first-order chi connectivity index (χ1) is 19.0. The molecule has 2 fully saturated rings. The molecule has 1 N–H and O–H groups in total. The normalized spacial score (nSPS) is 15.9. The predicted molar refractivity (Wildman–Crippen MR) is 146 cm³/mol. The summed E-state index contributed by atoms with van der Waals surface area (Å²) in [5.41, 5.74) is 4.10. The molecule has 200 valence electrons. The number of carbonyl (C=O) groups excluding carboxylic acids is 1. The number of carbonyl (C=O) groups is 1. The predicted octanol–water partition coefficient (Wildman–Crippen LogP) is 6.56. The van der Waals surface area contributed by atoms with E-state index in [1.165, 1.54) is 0 Å². The minimum atomic E-state index is -0.440. The van der Waals surface area contributed by atoms with Crippen LogP contribution in [0.15, 0.2) is 47.0 Å². The zero-order valence-electron chi connectivity index (χ0n) is 22.1. The van der Waals surface area contributed by atoms with Crippen molar-refractivity contribution in [2.24, 2.45) is 5.92 Å². The van der Waals surface area contributed by atoms with Gasteiger partial charge in [-0.3, -0.25) is 5.32 Å². The van der Waals surface area contributed by atoms with E-state index in [1.807, 2.05) is 49.4 Å². The largest absolute Gasteiger partial charge is 0.493 e. The van der Waals surface area contributed by atoms with E-state index in [2.05, 4.69) is 26.1 Å². The Labute approximate surface area is 226 Å². The lowest BCUT2D eigenvalue weighted by Crippen LogP contribution is -2.21. The molecule has 0 bridgehead atoms. The van der Waals surface area contributed by atoms with Crippen molar-refractivity contribution in [2.45, 2.75) is 64.5 Å². The van der Waals surface area contributed by atoms with Gasteiger partial charge in [0.25, 0.3) is 0 Å². The number of amides is 1. The van der Waals surface area contributed by atoms with Crippen LogP contribution in [0, 0.1) is 24.2 Å². The molecular formula is C30H31N5O4. The van der Waals surface area contributed by atoms with Crippen LogP contribution >= 0.6 is 0 Å². The fourth-order valence-electron chi connectivity index (χ4n) is 5.19. The van der Waals surface area contributed by atoms with Gasteiger partial charge >= 0.3 is 6.09 Å². The Balaban J connectivity index is 1.26. The zero-order chi connectivity index (χ0) is 26.9. The molecule has 2 aliphatic rings. The van der Waals surface area contributed by atoms with Crippen LogP contribution in [0.1, 0.15) is 62.3 Å². The molecule has 2 heterocycles. The Morgan fingerprint density at radius 1 is 1.21 bits per heavy atom. The lowest BCUT2D eigenvalue weighted by Gasteiger charge is -2.30. The van der Waals surface area contributed by atoms with Gasteiger partial charge in [0, 0.05) is 23.2 Å². The van der Waals surface area contributed by atoms with Crippen molar-refractivity contribution >= 4 is 22.7 Å². The van der Waals surface area contributed by atoms with E-state index < -0.39 is 6.09 Å². The van der Waals surface area contributed by atoms with Gasteiger partial charge in [-0.15, -0.1) is 0 Å². The van der Waals surface area contributed by atoms with E-state index in [0.29, 0.717) is 48.0 Å².